The molecular formula is C16H17N5O2. The van der Waals surface area contributed by atoms with E-state index < -0.39 is 0 Å². The molecule has 0 unspecified atom stereocenters. The highest BCUT2D eigenvalue weighted by atomic mass is 16.2. The lowest BCUT2D eigenvalue weighted by molar-refractivity contribution is -0.116. The molecular weight excluding hydrogens is 294 g/mol. The minimum Gasteiger partial charge on any atom is -0.325 e. The van der Waals surface area contributed by atoms with Crippen molar-refractivity contribution in [3.63, 3.8) is 0 Å². The molecule has 1 aromatic carbocycles. The zero-order chi connectivity index (χ0) is 16.6. The van der Waals surface area contributed by atoms with Gasteiger partial charge in [-0.2, -0.15) is 5.10 Å². The number of nitrogens with one attached hydrogen (secondary N) is 1. The Kier molecular flexibility index (Phi) is 3.69. The maximum absolute atomic E-state index is 12.3. The summed E-state index contributed by atoms with van der Waals surface area (Å²) in [7, 11) is 1.71. The lowest BCUT2D eigenvalue weighted by Gasteiger charge is -2.09. The van der Waals surface area contributed by atoms with Gasteiger partial charge in [-0.3, -0.25) is 18.8 Å². The third-order valence-corrected chi connectivity index (χ3v) is 3.82. The molecule has 0 spiro atoms. The number of rotatable bonds is 3. The molecule has 7 nitrogen and oxygen atoms in total. The minimum atomic E-state index is -0.279. The predicted octanol–water partition coefficient (Wildman–Crippen LogP) is 1.39. The smallest absolute Gasteiger partial charge is 0.264 e. The Morgan fingerprint density at radius 3 is 2.78 bits per heavy atom. The highest BCUT2D eigenvalue weighted by Crippen LogP contribution is 2.14. The number of nitrogens with zero attached hydrogens (tertiary/aromatic N) is 4. The minimum absolute atomic E-state index is 0.0937. The van der Waals surface area contributed by atoms with Gasteiger partial charge in [0.1, 0.15) is 18.3 Å². The van der Waals surface area contributed by atoms with Gasteiger partial charge in [0.15, 0.2) is 5.65 Å². The molecule has 3 aromatic rings. The van der Waals surface area contributed by atoms with Gasteiger partial charge in [0, 0.05) is 12.7 Å². The number of anilines is 1. The van der Waals surface area contributed by atoms with Gasteiger partial charge in [0.05, 0.1) is 6.20 Å². The average molecular weight is 311 g/mol. The van der Waals surface area contributed by atoms with E-state index in [4.69, 9.17) is 0 Å². The fourth-order valence-corrected chi connectivity index (χ4v) is 2.35. The summed E-state index contributed by atoms with van der Waals surface area (Å²) in [6.45, 7) is 3.90. The third kappa shape index (κ3) is 2.85. The van der Waals surface area contributed by atoms with E-state index in [1.54, 1.807) is 7.05 Å². The number of aromatic nitrogens is 4. The second kappa shape index (κ2) is 5.68. The molecule has 2 heterocycles. The topological polar surface area (TPSA) is 81.8 Å². The van der Waals surface area contributed by atoms with Gasteiger partial charge in [-0.15, -0.1) is 0 Å². The van der Waals surface area contributed by atoms with E-state index in [-0.39, 0.29) is 18.0 Å². The van der Waals surface area contributed by atoms with Crippen molar-refractivity contribution in [2.75, 3.05) is 5.32 Å². The normalized spacial score (nSPS) is 10.9. The quantitative estimate of drug-likeness (QED) is 0.792. The van der Waals surface area contributed by atoms with Crippen molar-refractivity contribution in [3.05, 3.63) is 52.2 Å². The van der Waals surface area contributed by atoms with E-state index in [9.17, 15) is 9.59 Å². The van der Waals surface area contributed by atoms with Crippen LogP contribution < -0.4 is 10.9 Å². The first-order chi connectivity index (χ1) is 11.0. The number of hydrogen-bond donors (Lipinski definition) is 1. The summed E-state index contributed by atoms with van der Waals surface area (Å²) in [5.74, 6) is -0.277. The van der Waals surface area contributed by atoms with Crippen molar-refractivity contribution in [1.29, 1.82) is 0 Å². The van der Waals surface area contributed by atoms with E-state index in [1.165, 1.54) is 21.8 Å². The van der Waals surface area contributed by atoms with Crippen LogP contribution in [0.2, 0.25) is 0 Å². The van der Waals surface area contributed by atoms with E-state index >= 15 is 0 Å². The largest absolute Gasteiger partial charge is 0.325 e. The zero-order valence-corrected chi connectivity index (χ0v) is 13.2. The van der Waals surface area contributed by atoms with Gasteiger partial charge in [-0.1, -0.05) is 6.07 Å². The van der Waals surface area contributed by atoms with Crippen LogP contribution in [-0.2, 0) is 18.4 Å². The van der Waals surface area contributed by atoms with Crippen LogP contribution in [0.1, 0.15) is 11.1 Å². The van der Waals surface area contributed by atoms with Gasteiger partial charge in [-0.05, 0) is 37.1 Å². The Morgan fingerprint density at radius 1 is 1.26 bits per heavy atom. The molecule has 0 aliphatic heterocycles. The Morgan fingerprint density at radius 2 is 2.04 bits per heavy atom. The predicted molar refractivity (Wildman–Crippen MR) is 87.3 cm³/mol. The first-order valence-electron chi connectivity index (χ1n) is 7.20. The van der Waals surface area contributed by atoms with Crippen molar-refractivity contribution in [1.82, 2.24) is 19.3 Å². The van der Waals surface area contributed by atoms with Crippen molar-refractivity contribution in [2.24, 2.45) is 7.05 Å². The van der Waals surface area contributed by atoms with Crippen LogP contribution in [0, 0.1) is 13.8 Å². The molecule has 0 radical (unpaired) electrons. The number of benzene rings is 1. The number of fused-ring (bicyclic) bond motifs is 1. The molecule has 1 N–H and O–H groups in total. The maximum atomic E-state index is 12.3. The average Bonchev–Trinajstić information content (AvgIpc) is 2.88. The van der Waals surface area contributed by atoms with Crippen LogP contribution in [-0.4, -0.2) is 25.2 Å². The molecule has 1 amide bonds. The van der Waals surface area contributed by atoms with Gasteiger partial charge >= 0.3 is 0 Å². The molecule has 0 saturated heterocycles. The molecule has 0 bridgehead atoms. The molecule has 0 fully saturated rings. The Labute approximate surface area is 132 Å². The van der Waals surface area contributed by atoms with Crippen LogP contribution in [0.25, 0.3) is 11.0 Å². The van der Waals surface area contributed by atoms with E-state index in [0.29, 0.717) is 16.7 Å². The fourth-order valence-electron chi connectivity index (χ4n) is 2.35. The summed E-state index contributed by atoms with van der Waals surface area (Å²) in [5, 5.41) is 7.19. The monoisotopic (exact) mass is 311 g/mol. The summed E-state index contributed by atoms with van der Waals surface area (Å²) < 4.78 is 2.80. The second-order valence-corrected chi connectivity index (χ2v) is 5.53. The number of carbonyl (C=O) groups excluding carboxylic acids is 1. The number of aryl methyl sites for hydroxylation is 3. The van der Waals surface area contributed by atoms with Crippen molar-refractivity contribution in [3.8, 4) is 0 Å². The molecule has 118 valence electrons. The van der Waals surface area contributed by atoms with E-state index in [2.05, 4.69) is 15.4 Å². The lowest BCUT2D eigenvalue weighted by atomic mass is 10.1. The number of hydrogen-bond acceptors (Lipinski definition) is 4. The Balaban J connectivity index is 1.81. The van der Waals surface area contributed by atoms with Gasteiger partial charge in [0.25, 0.3) is 5.56 Å². The standard InChI is InChI=1S/C16H17N5O2/c1-10-4-5-12(6-11(10)2)19-14(22)8-21-9-17-15-13(16(21)23)7-18-20(15)3/h4-7,9H,8H2,1-3H3,(H,19,22). The zero-order valence-electron chi connectivity index (χ0n) is 13.2. The second-order valence-electron chi connectivity index (χ2n) is 5.53. The van der Waals surface area contributed by atoms with Crippen molar-refractivity contribution < 1.29 is 4.79 Å². The van der Waals surface area contributed by atoms with Gasteiger partial charge < -0.3 is 5.32 Å². The van der Waals surface area contributed by atoms with Crippen LogP contribution >= 0.6 is 0 Å². The van der Waals surface area contributed by atoms with Crippen LogP contribution in [0.15, 0.2) is 35.5 Å². The molecule has 0 aliphatic rings. The number of carbonyl (C=O) groups is 1. The molecule has 0 saturated carbocycles. The molecule has 3 rings (SSSR count). The summed E-state index contributed by atoms with van der Waals surface area (Å²) in [6.07, 6.45) is 2.83. The van der Waals surface area contributed by atoms with E-state index in [1.807, 2.05) is 32.0 Å². The van der Waals surface area contributed by atoms with Gasteiger partial charge in [-0.25, -0.2) is 4.98 Å². The van der Waals surface area contributed by atoms with Crippen LogP contribution in [0.5, 0.6) is 0 Å². The molecule has 23 heavy (non-hydrogen) atoms. The van der Waals surface area contributed by atoms with Crippen LogP contribution in [0.4, 0.5) is 5.69 Å². The Bertz CT molecular complexity index is 955. The van der Waals surface area contributed by atoms with Crippen molar-refractivity contribution >= 4 is 22.6 Å². The van der Waals surface area contributed by atoms with Crippen LogP contribution in [0.3, 0.4) is 0 Å². The molecule has 7 heteroatoms. The highest BCUT2D eigenvalue weighted by molar-refractivity contribution is 5.90. The van der Waals surface area contributed by atoms with Gasteiger partial charge in [0.2, 0.25) is 5.91 Å². The maximum Gasteiger partial charge on any atom is 0.264 e. The first kappa shape index (κ1) is 15.0. The fraction of sp³-hybridized carbons (Fsp3) is 0.250. The van der Waals surface area contributed by atoms with E-state index in [0.717, 1.165) is 11.1 Å². The molecule has 0 atom stereocenters. The summed E-state index contributed by atoms with van der Waals surface area (Å²) in [6, 6.07) is 5.69. The first-order valence-corrected chi connectivity index (χ1v) is 7.20. The summed E-state index contributed by atoms with van der Waals surface area (Å²) in [4.78, 5) is 28.6. The SMILES string of the molecule is Cc1ccc(NC(=O)Cn2cnc3c(cnn3C)c2=O)cc1C. The van der Waals surface area contributed by atoms with Crippen molar-refractivity contribution in [2.45, 2.75) is 20.4 Å². The molecule has 2 aromatic heterocycles. The summed E-state index contributed by atoms with van der Waals surface area (Å²) >= 11 is 0. The third-order valence-electron chi connectivity index (χ3n) is 3.82. The highest BCUT2D eigenvalue weighted by Gasteiger charge is 2.11. The lowest BCUT2D eigenvalue weighted by Crippen LogP contribution is -2.27. The summed E-state index contributed by atoms with van der Waals surface area (Å²) in [5.41, 5.74) is 3.18. The Hall–Kier alpha value is -2.96. The number of amides is 1. The molecule has 0 aliphatic carbocycles.